The van der Waals surface area contributed by atoms with Gasteiger partial charge in [0.25, 0.3) is 0 Å². The molecule has 2 fully saturated rings. The van der Waals surface area contributed by atoms with Crippen LogP contribution in [0.5, 0.6) is 0 Å². The molecule has 2 nitrogen and oxygen atoms in total. The molecule has 0 unspecified atom stereocenters. The molecule has 0 bridgehead atoms. The molecule has 1 aliphatic heterocycles. The fourth-order valence-electron chi connectivity index (χ4n) is 2.01. The van der Waals surface area contributed by atoms with Crippen LogP contribution in [0.1, 0.15) is 19.3 Å². The Hall–Kier alpha value is -0.0800. The smallest absolute Gasteiger partial charge is 0.0108 e. The summed E-state index contributed by atoms with van der Waals surface area (Å²) in [5.41, 5.74) is 6.42. The van der Waals surface area contributed by atoms with E-state index in [4.69, 9.17) is 5.73 Å². The quantitative estimate of drug-likeness (QED) is 0.482. The van der Waals surface area contributed by atoms with Crippen molar-refractivity contribution in [1.82, 2.24) is 5.32 Å². The van der Waals surface area contributed by atoms with Crippen molar-refractivity contribution in [3.63, 3.8) is 0 Å². The third-order valence-corrected chi connectivity index (χ3v) is 3.02. The Morgan fingerprint density at radius 1 is 1.44 bits per heavy atom. The van der Waals surface area contributed by atoms with Crippen LogP contribution in [0.4, 0.5) is 0 Å². The Morgan fingerprint density at radius 2 is 2.33 bits per heavy atom. The average molecular weight is 126 g/mol. The third-order valence-electron chi connectivity index (χ3n) is 3.02. The van der Waals surface area contributed by atoms with E-state index >= 15 is 0 Å². The van der Waals surface area contributed by atoms with E-state index in [-0.39, 0.29) is 0 Å². The van der Waals surface area contributed by atoms with Gasteiger partial charge in [-0.15, -0.1) is 0 Å². The molecule has 0 aromatic carbocycles. The van der Waals surface area contributed by atoms with Crippen molar-refractivity contribution in [2.45, 2.75) is 25.3 Å². The van der Waals surface area contributed by atoms with Crippen LogP contribution in [0.2, 0.25) is 0 Å². The molecule has 0 aromatic heterocycles. The van der Waals surface area contributed by atoms with E-state index in [1.165, 1.54) is 32.4 Å². The average Bonchev–Trinajstić information content (AvgIpc) is 2.34. The van der Waals surface area contributed by atoms with Crippen LogP contribution < -0.4 is 11.1 Å². The molecule has 0 radical (unpaired) electrons. The van der Waals surface area contributed by atoms with Gasteiger partial charge in [0, 0.05) is 12.6 Å². The maximum atomic E-state index is 5.88. The van der Waals surface area contributed by atoms with Gasteiger partial charge >= 0.3 is 0 Å². The Labute approximate surface area is 55.8 Å². The molecule has 3 N–H and O–H groups in total. The van der Waals surface area contributed by atoms with Gasteiger partial charge in [-0.25, -0.2) is 0 Å². The van der Waals surface area contributed by atoms with Crippen molar-refractivity contribution in [3.8, 4) is 0 Å². The second-order valence-electron chi connectivity index (χ2n) is 3.43. The van der Waals surface area contributed by atoms with Gasteiger partial charge in [0.15, 0.2) is 0 Å². The number of rotatable bonds is 0. The summed E-state index contributed by atoms with van der Waals surface area (Å²) < 4.78 is 0. The van der Waals surface area contributed by atoms with E-state index in [0.29, 0.717) is 11.5 Å². The molecule has 2 rings (SSSR count). The lowest BCUT2D eigenvalue weighted by Crippen LogP contribution is -2.51. The minimum absolute atomic E-state index is 0.507. The zero-order valence-corrected chi connectivity index (χ0v) is 5.69. The standard InChI is InChI=1S/C7H14N2/c8-6-1-2-7(6)3-4-9-5-7/h6,9H,1-5,8H2/t6-,7-/m1/s1. The summed E-state index contributed by atoms with van der Waals surface area (Å²) in [6, 6.07) is 0.507. The Morgan fingerprint density at radius 3 is 2.56 bits per heavy atom. The van der Waals surface area contributed by atoms with Gasteiger partial charge in [0.05, 0.1) is 0 Å². The van der Waals surface area contributed by atoms with Crippen LogP contribution in [0, 0.1) is 5.41 Å². The van der Waals surface area contributed by atoms with Gasteiger partial charge in [-0.2, -0.15) is 0 Å². The molecule has 2 aliphatic rings. The lowest BCUT2D eigenvalue weighted by Gasteiger charge is -2.44. The molecular weight excluding hydrogens is 112 g/mol. The van der Waals surface area contributed by atoms with Gasteiger partial charge in [0.1, 0.15) is 0 Å². The van der Waals surface area contributed by atoms with Crippen LogP contribution >= 0.6 is 0 Å². The van der Waals surface area contributed by atoms with E-state index in [1.54, 1.807) is 0 Å². The Bertz CT molecular complexity index is 116. The first kappa shape index (κ1) is 5.69. The molecule has 0 amide bonds. The highest BCUT2D eigenvalue weighted by Crippen LogP contribution is 2.44. The van der Waals surface area contributed by atoms with Gasteiger partial charge in [0.2, 0.25) is 0 Å². The fraction of sp³-hybridized carbons (Fsp3) is 1.00. The van der Waals surface area contributed by atoms with Crippen molar-refractivity contribution >= 4 is 0 Å². The molecule has 9 heavy (non-hydrogen) atoms. The predicted molar refractivity (Wildman–Crippen MR) is 37.1 cm³/mol. The second kappa shape index (κ2) is 1.70. The summed E-state index contributed by atoms with van der Waals surface area (Å²) in [5, 5.41) is 3.37. The normalized spacial score (nSPS) is 49.7. The topological polar surface area (TPSA) is 38.0 Å². The van der Waals surface area contributed by atoms with Crippen LogP contribution in [-0.4, -0.2) is 19.1 Å². The summed E-state index contributed by atoms with van der Waals surface area (Å²) >= 11 is 0. The maximum absolute atomic E-state index is 5.88. The molecular formula is C7H14N2. The molecule has 1 saturated heterocycles. The monoisotopic (exact) mass is 126 g/mol. The maximum Gasteiger partial charge on any atom is 0.0108 e. The lowest BCUT2D eigenvalue weighted by molar-refractivity contribution is 0.119. The van der Waals surface area contributed by atoms with Crippen molar-refractivity contribution in [1.29, 1.82) is 0 Å². The summed E-state index contributed by atoms with van der Waals surface area (Å²) in [5.74, 6) is 0. The number of nitrogens with two attached hydrogens (primary N) is 1. The summed E-state index contributed by atoms with van der Waals surface area (Å²) in [6.07, 6.45) is 3.93. The number of hydrogen-bond acceptors (Lipinski definition) is 2. The highest BCUT2D eigenvalue weighted by atomic mass is 15.0. The van der Waals surface area contributed by atoms with E-state index in [2.05, 4.69) is 5.32 Å². The zero-order chi connectivity index (χ0) is 6.32. The van der Waals surface area contributed by atoms with E-state index in [9.17, 15) is 0 Å². The highest BCUT2D eigenvalue weighted by molar-refractivity contribution is 5.03. The molecule has 1 heterocycles. The lowest BCUT2D eigenvalue weighted by atomic mass is 9.64. The summed E-state index contributed by atoms with van der Waals surface area (Å²) in [6.45, 7) is 2.36. The summed E-state index contributed by atoms with van der Waals surface area (Å²) in [7, 11) is 0. The van der Waals surface area contributed by atoms with Crippen molar-refractivity contribution in [3.05, 3.63) is 0 Å². The SMILES string of the molecule is N[C@@H]1CC[C@]12CCNC2. The highest BCUT2D eigenvalue weighted by Gasteiger charge is 2.46. The minimum Gasteiger partial charge on any atom is -0.327 e. The summed E-state index contributed by atoms with van der Waals surface area (Å²) in [4.78, 5) is 0. The number of hydrogen-bond donors (Lipinski definition) is 2. The van der Waals surface area contributed by atoms with Crippen LogP contribution in [-0.2, 0) is 0 Å². The van der Waals surface area contributed by atoms with Crippen molar-refractivity contribution in [2.24, 2.45) is 11.1 Å². The second-order valence-corrected chi connectivity index (χ2v) is 3.43. The fourth-order valence-corrected chi connectivity index (χ4v) is 2.01. The van der Waals surface area contributed by atoms with Gasteiger partial charge in [-0.05, 0) is 31.2 Å². The molecule has 1 saturated carbocycles. The molecule has 52 valence electrons. The van der Waals surface area contributed by atoms with E-state index < -0.39 is 0 Å². The largest absolute Gasteiger partial charge is 0.327 e. The van der Waals surface area contributed by atoms with Crippen molar-refractivity contribution < 1.29 is 0 Å². The van der Waals surface area contributed by atoms with Crippen LogP contribution in [0.25, 0.3) is 0 Å². The first-order valence-corrected chi connectivity index (χ1v) is 3.80. The molecule has 2 heteroatoms. The van der Waals surface area contributed by atoms with Gasteiger partial charge in [-0.1, -0.05) is 0 Å². The van der Waals surface area contributed by atoms with Crippen LogP contribution in [0.3, 0.4) is 0 Å². The van der Waals surface area contributed by atoms with E-state index in [1.807, 2.05) is 0 Å². The first-order valence-electron chi connectivity index (χ1n) is 3.80. The van der Waals surface area contributed by atoms with Gasteiger partial charge < -0.3 is 11.1 Å². The number of nitrogens with one attached hydrogen (secondary N) is 1. The molecule has 0 aromatic rings. The Kier molecular flexibility index (Phi) is 1.08. The van der Waals surface area contributed by atoms with E-state index in [0.717, 1.165) is 0 Å². The first-order chi connectivity index (χ1) is 4.33. The molecule has 1 spiro atoms. The Balaban J connectivity index is 2.06. The van der Waals surface area contributed by atoms with Gasteiger partial charge in [-0.3, -0.25) is 0 Å². The van der Waals surface area contributed by atoms with Crippen molar-refractivity contribution in [2.75, 3.05) is 13.1 Å². The van der Waals surface area contributed by atoms with Crippen LogP contribution in [0.15, 0.2) is 0 Å². The predicted octanol–water partition coefficient (Wildman–Crippen LogP) is 0.0872. The molecule has 2 atom stereocenters. The minimum atomic E-state index is 0.507. The zero-order valence-electron chi connectivity index (χ0n) is 5.69. The third kappa shape index (κ3) is 0.634. The molecule has 1 aliphatic carbocycles.